The van der Waals surface area contributed by atoms with Crippen molar-refractivity contribution in [3.63, 3.8) is 0 Å². The molecular formula is C56H36F4IrN7O6. The number of nitrogens with zero attached hydrogens (tertiary/aromatic N) is 7. The Balaban J connectivity index is 0.000000162. The molecule has 0 radical (unpaired) electrons. The van der Waals surface area contributed by atoms with Crippen LogP contribution in [0.15, 0.2) is 219 Å². The molecule has 74 heavy (non-hydrogen) atoms. The number of aromatic carboxylic acids is 3. The van der Waals surface area contributed by atoms with Gasteiger partial charge in [0.15, 0.2) is 0 Å². The van der Waals surface area contributed by atoms with Crippen molar-refractivity contribution in [1.29, 1.82) is 0 Å². The van der Waals surface area contributed by atoms with Crippen LogP contribution in [0.1, 0.15) is 31.5 Å². The summed E-state index contributed by atoms with van der Waals surface area (Å²) in [6.07, 6.45) is 4.22. The first-order chi connectivity index (χ1) is 35.4. The number of carbonyl (C=O) groups is 3. The number of carboxylic acids is 3. The van der Waals surface area contributed by atoms with Crippen molar-refractivity contribution in [3.05, 3.63) is 259 Å². The van der Waals surface area contributed by atoms with Gasteiger partial charge in [-0.1, -0.05) is 78.9 Å². The van der Waals surface area contributed by atoms with E-state index in [9.17, 15) is 47.3 Å². The quantitative estimate of drug-likeness (QED) is 0.139. The number of carboxylic acid groups (broad SMARTS) is 3. The first kappa shape index (κ1) is 53.8. The number of carbonyl (C=O) groups excluding carboxylic acids is 3. The maximum atomic E-state index is 14.3. The van der Waals surface area contributed by atoms with Gasteiger partial charge < -0.3 is 29.7 Å². The molecule has 5 aromatic heterocycles. The maximum Gasteiger partial charge on any atom is 3.00 e. The zero-order valence-electron chi connectivity index (χ0n) is 38.2. The number of halogens is 4. The van der Waals surface area contributed by atoms with Crippen molar-refractivity contribution in [2.75, 3.05) is 0 Å². The Kier molecular flexibility index (Phi) is 19.0. The number of para-hydroxylation sites is 6. The van der Waals surface area contributed by atoms with Gasteiger partial charge in [0.1, 0.15) is 34.9 Å². The zero-order chi connectivity index (χ0) is 51.7. The Hall–Kier alpha value is -9.51. The number of fused-ring (bicyclic) bond motifs is 2. The van der Waals surface area contributed by atoms with Gasteiger partial charge in [0, 0.05) is 42.1 Å². The number of benzene rings is 6. The normalized spacial score (nSPS) is 10.1. The van der Waals surface area contributed by atoms with Crippen molar-refractivity contribution in [2.24, 2.45) is 0 Å². The summed E-state index contributed by atoms with van der Waals surface area (Å²) in [5.74, 6) is -5.27. The molecule has 6 aromatic carbocycles. The number of pyridine rings is 3. The van der Waals surface area contributed by atoms with Crippen molar-refractivity contribution in [3.8, 4) is 34.2 Å². The van der Waals surface area contributed by atoms with E-state index in [1.165, 1.54) is 61.1 Å². The number of hydrogen-bond donors (Lipinski definition) is 0. The van der Waals surface area contributed by atoms with Gasteiger partial charge in [-0.25, -0.2) is 27.5 Å². The summed E-state index contributed by atoms with van der Waals surface area (Å²) in [5.41, 5.74) is 5.46. The van der Waals surface area contributed by atoms with E-state index >= 15 is 0 Å². The molecule has 0 saturated heterocycles. The summed E-state index contributed by atoms with van der Waals surface area (Å²) in [5, 5.41) is 30.1. The Morgan fingerprint density at radius 1 is 0.378 bits per heavy atom. The van der Waals surface area contributed by atoms with Crippen LogP contribution in [0.4, 0.5) is 17.6 Å². The van der Waals surface area contributed by atoms with Gasteiger partial charge in [0.25, 0.3) is 0 Å². The van der Waals surface area contributed by atoms with Gasteiger partial charge in [-0.3, -0.25) is 24.1 Å². The van der Waals surface area contributed by atoms with Crippen LogP contribution in [0.3, 0.4) is 0 Å². The molecule has 0 saturated carbocycles. The molecule has 368 valence electrons. The fourth-order valence-corrected chi connectivity index (χ4v) is 6.88. The zero-order valence-corrected chi connectivity index (χ0v) is 40.6. The number of hydrogen-bond acceptors (Lipinski definition) is 11. The van der Waals surface area contributed by atoms with Crippen molar-refractivity contribution < 1.29 is 67.4 Å². The molecule has 0 amide bonds. The standard InChI is InChI=1S/2C19H12F2N2.3C6H5NO2.Ir/c2*20-13-10-11-15(16(21)12-13)19-22-17-8-4-5-9-18(17)23(19)14-6-2-1-3-7-14;3*8-6(9)5-3-1-2-4-7-5;/h2*1-12H;3*1-4H,(H,8,9);/q;;;;;+3/p-3. The summed E-state index contributed by atoms with van der Waals surface area (Å²) < 4.78 is 58.7. The van der Waals surface area contributed by atoms with Crippen molar-refractivity contribution in [2.45, 2.75) is 0 Å². The molecule has 13 nitrogen and oxygen atoms in total. The van der Waals surface area contributed by atoms with E-state index in [0.29, 0.717) is 11.6 Å². The van der Waals surface area contributed by atoms with Crippen LogP contribution >= 0.6 is 0 Å². The number of rotatable bonds is 7. The Morgan fingerprint density at radius 3 is 0.973 bits per heavy atom. The SMILES string of the molecule is Fc1ccc(-c2nc3ccccc3n2-c2ccccc2)c(F)c1.Fc1ccc(-c2nc3ccccc3n2-c2ccccc2)c(F)c1.O=C([O-])c1ccccn1.O=C([O-])c1ccccn1.O=C([O-])c1ccccn1.[Ir+3]. The van der Waals surface area contributed by atoms with Crippen LogP contribution in [-0.2, 0) is 20.1 Å². The molecule has 18 heteroatoms. The second kappa shape index (κ2) is 26.1. The molecule has 0 aliphatic heterocycles. The molecule has 5 heterocycles. The first-order valence-corrected chi connectivity index (χ1v) is 21.7. The average molecular weight is 1170 g/mol. The van der Waals surface area contributed by atoms with E-state index in [-0.39, 0.29) is 48.3 Å². The third-order valence-electron chi connectivity index (χ3n) is 10.1. The minimum Gasteiger partial charge on any atom is -0.543 e. The Morgan fingerprint density at radius 2 is 0.689 bits per heavy atom. The van der Waals surface area contributed by atoms with E-state index in [2.05, 4.69) is 24.9 Å². The molecule has 0 atom stereocenters. The smallest absolute Gasteiger partial charge is 0.543 e. The maximum absolute atomic E-state index is 14.3. The van der Waals surface area contributed by atoms with E-state index < -0.39 is 41.2 Å². The third kappa shape index (κ3) is 13.9. The van der Waals surface area contributed by atoms with Crippen molar-refractivity contribution >= 4 is 40.0 Å². The Labute approximate surface area is 432 Å². The first-order valence-electron chi connectivity index (χ1n) is 21.7. The minimum atomic E-state index is -1.24. The van der Waals surface area contributed by atoms with Gasteiger partial charge in [-0.2, -0.15) is 0 Å². The summed E-state index contributed by atoms with van der Waals surface area (Å²) in [6.45, 7) is 0. The molecule has 0 aliphatic rings. The molecule has 11 aromatic rings. The van der Waals surface area contributed by atoms with Crippen molar-refractivity contribution in [1.82, 2.24) is 34.1 Å². The van der Waals surface area contributed by atoms with Gasteiger partial charge in [-0.05, 0) is 109 Å². The van der Waals surface area contributed by atoms with E-state index in [1.54, 1.807) is 36.4 Å². The molecule has 0 unspecified atom stereocenters. The van der Waals surface area contributed by atoms with Crippen LogP contribution in [0.2, 0.25) is 0 Å². The van der Waals surface area contributed by atoms with E-state index in [1.807, 2.05) is 118 Å². The van der Waals surface area contributed by atoms with Crippen LogP contribution in [0.25, 0.3) is 56.2 Å². The van der Waals surface area contributed by atoms with Crippen LogP contribution in [0.5, 0.6) is 0 Å². The summed E-state index contributed by atoms with van der Waals surface area (Å²) in [4.78, 5) is 49.7. The van der Waals surface area contributed by atoms with Gasteiger partial charge >= 0.3 is 20.1 Å². The second-order valence-electron chi connectivity index (χ2n) is 14.9. The van der Waals surface area contributed by atoms with Crippen LogP contribution < -0.4 is 15.3 Å². The molecule has 0 aliphatic carbocycles. The fourth-order valence-electron chi connectivity index (χ4n) is 6.88. The number of imidazole rings is 2. The average Bonchev–Trinajstić information content (AvgIpc) is 4.00. The van der Waals surface area contributed by atoms with E-state index in [0.717, 1.165) is 45.6 Å². The molecule has 0 bridgehead atoms. The van der Waals surface area contributed by atoms with Crippen LogP contribution in [-0.4, -0.2) is 52.0 Å². The van der Waals surface area contributed by atoms with Gasteiger partial charge in [0.2, 0.25) is 0 Å². The fraction of sp³-hybridized carbons (Fsp3) is 0. The monoisotopic (exact) mass is 1170 g/mol. The van der Waals surface area contributed by atoms with E-state index in [4.69, 9.17) is 0 Å². The Bertz CT molecular complexity index is 3330. The number of aromatic nitrogens is 7. The minimum absolute atomic E-state index is 0. The predicted octanol–water partition coefficient (Wildman–Crippen LogP) is 8.27. The van der Waals surface area contributed by atoms with Gasteiger partial charge in [0.05, 0.1) is 68.2 Å². The van der Waals surface area contributed by atoms with Crippen LogP contribution in [0, 0.1) is 23.3 Å². The summed E-state index contributed by atoms with van der Waals surface area (Å²) in [6, 6.07) is 55.4. The third-order valence-corrected chi connectivity index (χ3v) is 10.1. The largest absolute Gasteiger partial charge is 3.00 e. The topological polar surface area (TPSA) is 195 Å². The van der Waals surface area contributed by atoms with Gasteiger partial charge in [-0.15, -0.1) is 0 Å². The summed E-state index contributed by atoms with van der Waals surface area (Å²) in [7, 11) is 0. The summed E-state index contributed by atoms with van der Waals surface area (Å²) >= 11 is 0. The molecule has 0 spiro atoms. The predicted molar refractivity (Wildman–Crippen MR) is 259 cm³/mol. The second-order valence-corrected chi connectivity index (χ2v) is 14.9. The molecular weight excluding hydrogens is 1130 g/mol. The molecule has 11 rings (SSSR count). The molecule has 0 fully saturated rings. The molecule has 0 N–H and O–H groups in total.